The summed E-state index contributed by atoms with van der Waals surface area (Å²) in [4.78, 5) is 20.0. The number of hydrogen-bond donors (Lipinski definition) is 1. The smallest absolute Gasteiger partial charge is 0.258 e. The van der Waals surface area contributed by atoms with Crippen LogP contribution in [0.15, 0.2) is 30.6 Å². The topological polar surface area (TPSA) is 68.6 Å². The van der Waals surface area contributed by atoms with E-state index in [1.165, 1.54) is 0 Å². The molecule has 5 rings (SSSR count). The van der Waals surface area contributed by atoms with E-state index in [1.807, 2.05) is 40.9 Å². The SMILES string of the molecule is Cn1ccnc1CN(C(=O)c1cccc2c1OCO2)C1CC12CCNCC2. The molecule has 2 aliphatic heterocycles. The number of imidazole rings is 1. The van der Waals surface area contributed by atoms with Gasteiger partial charge in [-0.25, -0.2) is 4.98 Å². The van der Waals surface area contributed by atoms with Gasteiger partial charge in [-0.15, -0.1) is 0 Å². The minimum absolute atomic E-state index is 0.000702. The monoisotopic (exact) mass is 368 g/mol. The van der Waals surface area contributed by atoms with E-state index in [9.17, 15) is 4.79 Å². The van der Waals surface area contributed by atoms with E-state index in [-0.39, 0.29) is 24.2 Å². The van der Waals surface area contributed by atoms with Crippen LogP contribution >= 0.6 is 0 Å². The average Bonchev–Trinajstić information content (AvgIpc) is 3.03. The zero-order chi connectivity index (χ0) is 18.4. The first kappa shape index (κ1) is 16.6. The van der Waals surface area contributed by atoms with Crippen LogP contribution < -0.4 is 14.8 Å². The maximum atomic E-state index is 13.6. The molecule has 1 amide bonds. The van der Waals surface area contributed by atoms with Crippen molar-refractivity contribution in [2.75, 3.05) is 19.9 Å². The highest BCUT2D eigenvalue weighted by molar-refractivity contribution is 5.98. The molecule has 7 nitrogen and oxygen atoms in total. The first-order chi connectivity index (χ1) is 13.2. The van der Waals surface area contributed by atoms with E-state index in [4.69, 9.17) is 9.47 Å². The molecule has 7 heteroatoms. The second-order valence-corrected chi connectivity index (χ2v) is 7.76. The Morgan fingerprint density at radius 2 is 2.22 bits per heavy atom. The fraction of sp³-hybridized carbons (Fsp3) is 0.500. The van der Waals surface area contributed by atoms with Gasteiger partial charge in [0.25, 0.3) is 5.91 Å². The molecule has 3 heterocycles. The summed E-state index contributed by atoms with van der Waals surface area (Å²) in [6.45, 7) is 2.72. The predicted molar refractivity (Wildman–Crippen MR) is 98.6 cm³/mol. The lowest BCUT2D eigenvalue weighted by atomic mass is 9.93. The number of nitrogens with one attached hydrogen (secondary N) is 1. The van der Waals surface area contributed by atoms with Gasteiger partial charge in [0.05, 0.1) is 12.1 Å². The Labute approximate surface area is 158 Å². The van der Waals surface area contributed by atoms with Crippen LogP contribution in [0.4, 0.5) is 0 Å². The van der Waals surface area contributed by atoms with Crippen LogP contribution in [0.5, 0.6) is 11.5 Å². The molecule has 27 heavy (non-hydrogen) atoms. The Kier molecular flexibility index (Phi) is 3.86. The summed E-state index contributed by atoms with van der Waals surface area (Å²) in [7, 11) is 1.97. The zero-order valence-corrected chi connectivity index (χ0v) is 15.5. The predicted octanol–water partition coefficient (Wildman–Crippen LogP) is 1.93. The summed E-state index contributed by atoms with van der Waals surface area (Å²) < 4.78 is 13.0. The van der Waals surface area contributed by atoms with Crippen LogP contribution in [0.3, 0.4) is 0 Å². The summed E-state index contributed by atoms with van der Waals surface area (Å²) in [5, 5.41) is 3.43. The molecule has 1 aromatic carbocycles. The van der Waals surface area contributed by atoms with Gasteiger partial charge in [0.1, 0.15) is 5.82 Å². The zero-order valence-electron chi connectivity index (χ0n) is 15.5. The van der Waals surface area contributed by atoms with Crippen LogP contribution in [-0.2, 0) is 13.6 Å². The number of para-hydroxylation sites is 1. The Morgan fingerprint density at radius 1 is 1.37 bits per heavy atom. The second-order valence-electron chi connectivity index (χ2n) is 7.76. The van der Waals surface area contributed by atoms with Gasteiger partial charge in [-0.1, -0.05) is 6.07 Å². The van der Waals surface area contributed by atoms with Crippen LogP contribution in [0.2, 0.25) is 0 Å². The highest BCUT2D eigenvalue weighted by Crippen LogP contribution is 2.56. The summed E-state index contributed by atoms with van der Waals surface area (Å²) in [6.07, 6.45) is 7.00. The van der Waals surface area contributed by atoms with Crippen molar-refractivity contribution >= 4 is 5.91 Å². The third kappa shape index (κ3) is 2.77. The van der Waals surface area contributed by atoms with Crippen LogP contribution in [-0.4, -0.2) is 46.3 Å². The fourth-order valence-corrected chi connectivity index (χ4v) is 4.51. The maximum Gasteiger partial charge on any atom is 0.258 e. The van der Waals surface area contributed by atoms with Gasteiger partial charge in [0.2, 0.25) is 6.79 Å². The number of amides is 1. The average molecular weight is 368 g/mol. The Bertz CT molecular complexity index is 872. The third-order valence-electron chi connectivity index (χ3n) is 6.24. The number of carbonyl (C=O) groups is 1. The highest BCUT2D eigenvalue weighted by atomic mass is 16.7. The standard InChI is InChI=1S/C20H24N4O3/c1-23-10-9-22-17(23)12-24(16-11-20(16)5-7-21-8-6-20)19(25)14-3-2-4-15-18(14)27-13-26-15/h2-4,9-10,16,21H,5-8,11-13H2,1H3. The van der Waals surface area contributed by atoms with E-state index in [1.54, 1.807) is 6.20 Å². The molecule has 1 aliphatic carbocycles. The first-order valence-corrected chi connectivity index (χ1v) is 9.54. The van der Waals surface area contributed by atoms with Crippen molar-refractivity contribution in [3.63, 3.8) is 0 Å². The first-order valence-electron chi connectivity index (χ1n) is 9.54. The number of nitrogens with zero attached hydrogens (tertiary/aromatic N) is 3. The molecule has 1 saturated carbocycles. The number of fused-ring (bicyclic) bond motifs is 1. The summed E-state index contributed by atoms with van der Waals surface area (Å²) >= 11 is 0. The molecule has 2 aromatic rings. The third-order valence-corrected chi connectivity index (χ3v) is 6.24. The lowest BCUT2D eigenvalue weighted by Crippen LogP contribution is -2.39. The Hall–Kier alpha value is -2.54. The van der Waals surface area contributed by atoms with Crippen molar-refractivity contribution < 1.29 is 14.3 Å². The number of benzene rings is 1. The van der Waals surface area contributed by atoms with Crippen molar-refractivity contribution in [2.45, 2.75) is 31.8 Å². The number of rotatable bonds is 4. The van der Waals surface area contributed by atoms with E-state index in [0.29, 0.717) is 23.6 Å². The van der Waals surface area contributed by atoms with E-state index in [2.05, 4.69) is 10.3 Å². The fourth-order valence-electron chi connectivity index (χ4n) is 4.51. The molecule has 0 radical (unpaired) electrons. The number of aromatic nitrogens is 2. The number of aryl methyl sites for hydroxylation is 1. The van der Waals surface area contributed by atoms with Gasteiger partial charge < -0.3 is 24.3 Å². The minimum Gasteiger partial charge on any atom is -0.454 e. The van der Waals surface area contributed by atoms with E-state index >= 15 is 0 Å². The molecule has 3 aliphatic rings. The molecule has 1 N–H and O–H groups in total. The minimum atomic E-state index is 0.000702. The van der Waals surface area contributed by atoms with Crippen molar-refractivity contribution in [3.8, 4) is 11.5 Å². The molecule has 2 fully saturated rings. The molecule has 0 bridgehead atoms. The van der Waals surface area contributed by atoms with Crippen LogP contribution in [0, 0.1) is 5.41 Å². The molecule has 142 valence electrons. The molecule has 1 unspecified atom stereocenters. The lowest BCUT2D eigenvalue weighted by molar-refractivity contribution is 0.0681. The van der Waals surface area contributed by atoms with Gasteiger partial charge in [-0.3, -0.25) is 4.79 Å². The number of hydrogen-bond acceptors (Lipinski definition) is 5. The highest BCUT2D eigenvalue weighted by Gasteiger charge is 2.58. The lowest BCUT2D eigenvalue weighted by Gasteiger charge is -2.29. The quantitative estimate of drug-likeness (QED) is 0.893. The molecular formula is C20H24N4O3. The number of carbonyl (C=O) groups excluding carboxylic acids is 1. The van der Waals surface area contributed by atoms with Gasteiger partial charge in [-0.05, 0) is 49.9 Å². The van der Waals surface area contributed by atoms with Crippen molar-refractivity contribution in [1.82, 2.24) is 19.8 Å². The summed E-state index contributed by atoms with van der Waals surface area (Å²) in [5.74, 6) is 2.10. The Morgan fingerprint density at radius 3 is 3.00 bits per heavy atom. The molecule has 1 saturated heterocycles. The summed E-state index contributed by atoms with van der Waals surface area (Å²) in [6, 6.07) is 5.78. The second kappa shape index (κ2) is 6.27. The molecule has 1 aromatic heterocycles. The van der Waals surface area contributed by atoms with Crippen LogP contribution in [0.25, 0.3) is 0 Å². The largest absolute Gasteiger partial charge is 0.454 e. The number of ether oxygens (including phenoxy) is 2. The van der Waals surface area contributed by atoms with Crippen molar-refractivity contribution in [2.24, 2.45) is 12.5 Å². The molecule has 1 spiro atoms. The van der Waals surface area contributed by atoms with E-state index < -0.39 is 0 Å². The van der Waals surface area contributed by atoms with Gasteiger partial charge in [0.15, 0.2) is 11.5 Å². The molecule has 1 atom stereocenters. The maximum absolute atomic E-state index is 13.6. The van der Waals surface area contributed by atoms with Gasteiger partial charge in [-0.2, -0.15) is 0 Å². The number of piperidine rings is 1. The van der Waals surface area contributed by atoms with Crippen LogP contribution in [0.1, 0.15) is 35.4 Å². The van der Waals surface area contributed by atoms with Crippen molar-refractivity contribution in [3.05, 3.63) is 42.0 Å². The van der Waals surface area contributed by atoms with Gasteiger partial charge >= 0.3 is 0 Å². The van der Waals surface area contributed by atoms with Crippen molar-refractivity contribution in [1.29, 1.82) is 0 Å². The summed E-state index contributed by atoms with van der Waals surface area (Å²) in [5.41, 5.74) is 0.830. The normalized spacial score (nSPS) is 22.0. The molecular weight excluding hydrogens is 344 g/mol. The van der Waals surface area contributed by atoms with Gasteiger partial charge in [0, 0.05) is 25.5 Å². The van der Waals surface area contributed by atoms with E-state index in [0.717, 1.165) is 38.2 Å². The Balaban J connectivity index is 1.48.